The molecule has 0 saturated carbocycles. The van der Waals surface area contributed by atoms with Crippen LogP contribution in [0.25, 0.3) is 11.4 Å². The molecule has 1 N–H and O–H groups in total. The minimum atomic E-state index is 0.0605. The number of hydrogen-bond acceptors (Lipinski definition) is 6. The number of hydrogen-bond donors (Lipinski definition) is 1. The third-order valence-corrected chi connectivity index (χ3v) is 7.05. The fourth-order valence-electron chi connectivity index (χ4n) is 4.93. The van der Waals surface area contributed by atoms with E-state index in [1.807, 2.05) is 31.2 Å². The lowest BCUT2D eigenvalue weighted by molar-refractivity contribution is -0.126. The molecule has 34 heavy (non-hydrogen) atoms. The molecule has 2 aliphatic rings. The van der Waals surface area contributed by atoms with Crippen LogP contribution in [0.4, 0.5) is 5.69 Å². The second-order valence-corrected chi connectivity index (χ2v) is 9.46. The van der Waals surface area contributed by atoms with E-state index in [2.05, 4.69) is 49.5 Å². The molecule has 2 aliphatic heterocycles. The van der Waals surface area contributed by atoms with Crippen LogP contribution < -0.4 is 10.2 Å². The number of benzene rings is 2. The number of rotatable bonds is 7. The first-order valence-electron chi connectivity index (χ1n) is 12.4. The maximum atomic E-state index is 12.7. The molecule has 3 heterocycles. The molecule has 1 aromatic heterocycles. The van der Waals surface area contributed by atoms with E-state index >= 15 is 0 Å². The summed E-state index contributed by atoms with van der Waals surface area (Å²) in [4.78, 5) is 22.0. The third kappa shape index (κ3) is 5.30. The molecule has 0 radical (unpaired) electrons. The molecule has 1 amide bonds. The standard InChI is InChI=1S/C27H33N5O2/c1-20-6-2-3-7-24(20)26-29-25(34-30-26)19-31-16-12-22(13-17-31)27(33)28-18-21-8-10-23(11-9-21)32-14-4-5-15-32/h2-3,6-11,22H,4-5,12-19H2,1H3,(H,28,33). The fraction of sp³-hybridized carbons (Fsp3) is 0.444. The summed E-state index contributed by atoms with van der Waals surface area (Å²) in [5.74, 6) is 1.47. The summed E-state index contributed by atoms with van der Waals surface area (Å²) in [6, 6.07) is 16.7. The Morgan fingerprint density at radius 1 is 1.03 bits per heavy atom. The average molecular weight is 460 g/mol. The van der Waals surface area contributed by atoms with Gasteiger partial charge in [-0.1, -0.05) is 41.6 Å². The number of aromatic nitrogens is 2. The molecular formula is C27H33N5O2. The first kappa shape index (κ1) is 22.6. The van der Waals surface area contributed by atoms with E-state index in [4.69, 9.17) is 4.52 Å². The number of piperidine rings is 1. The van der Waals surface area contributed by atoms with Crippen LogP contribution in [0, 0.1) is 12.8 Å². The smallest absolute Gasteiger partial charge is 0.241 e. The van der Waals surface area contributed by atoms with Gasteiger partial charge >= 0.3 is 0 Å². The maximum absolute atomic E-state index is 12.7. The van der Waals surface area contributed by atoms with Gasteiger partial charge in [-0.15, -0.1) is 0 Å². The van der Waals surface area contributed by atoms with E-state index in [0.717, 1.165) is 55.7 Å². The minimum Gasteiger partial charge on any atom is -0.372 e. The lowest BCUT2D eigenvalue weighted by atomic mass is 9.96. The predicted molar refractivity (Wildman–Crippen MR) is 132 cm³/mol. The van der Waals surface area contributed by atoms with Crippen LogP contribution in [-0.2, 0) is 17.9 Å². The number of nitrogens with zero attached hydrogens (tertiary/aromatic N) is 4. The minimum absolute atomic E-state index is 0.0605. The summed E-state index contributed by atoms with van der Waals surface area (Å²) < 4.78 is 5.49. The van der Waals surface area contributed by atoms with E-state index in [1.165, 1.54) is 18.5 Å². The van der Waals surface area contributed by atoms with Crippen molar-refractivity contribution in [2.45, 2.75) is 45.7 Å². The van der Waals surface area contributed by atoms with E-state index < -0.39 is 0 Å². The van der Waals surface area contributed by atoms with Crippen molar-refractivity contribution in [1.29, 1.82) is 0 Å². The van der Waals surface area contributed by atoms with Gasteiger partial charge in [0.05, 0.1) is 6.54 Å². The first-order valence-corrected chi connectivity index (χ1v) is 12.4. The molecule has 0 bridgehead atoms. The number of likely N-dealkylation sites (tertiary alicyclic amines) is 1. The van der Waals surface area contributed by atoms with Gasteiger partial charge in [0.25, 0.3) is 0 Å². The van der Waals surface area contributed by atoms with Crippen molar-refractivity contribution < 1.29 is 9.32 Å². The molecule has 0 spiro atoms. The maximum Gasteiger partial charge on any atom is 0.241 e. The molecule has 2 aromatic carbocycles. The number of carbonyl (C=O) groups excluding carboxylic acids is 1. The van der Waals surface area contributed by atoms with E-state index in [9.17, 15) is 4.79 Å². The third-order valence-electron chi connectivity index (χ3n) is 7.05. The molecule has 2 saturated heterocycles. The molecular weight excluding hydrogens is 426 g/mol. The number of carbonyl (C=O) groups is 1. The van der Waals surface area contributed by atoms with Gasteiger partial charge in [0, 0.05) is 36.8 Å². The number of amides is 1. The molecule has 0 unspecified atom stereocenters. The van der Waals surface area contributed by atoms with Crippen LogP contribution >= 0.6 is 0 Å². The Balaban J connectivity index is 1.07. The van der Waals surface area contributed by atoms with E-state index in [1.54, 1.807) is 0 Å². The second kappa shape index (κ2) is 10.4. The quantitative estimate of drug-likeness (QED) is 0.572. The van der Waals surface area contributed by atoms with Gasteiger partial charge in [-0.25, -0.2) is 0 Å². The predicted octanol–water partition coefficient (Wildman–Crippen LogP) is 4.17. The van der Waals surface area contributed by atoms with Gasteiger partial charge in [0.15, 0.2) is 0 Å². The summed E-state index contributed by atoms with van der Waals surface area (Å²) in [6.07, 6.45) is 4.25. The summed E-state index contributed by atoms with van der Waals surface area (Å²) in [5.41, 5.74) is 4.56. The van der Waals surface area contributed by atoms with Gasteiger partial charge < -0.3 is 14.7 Å². The Hall–Kier alpha value is -3.19. The summed E-state index contributed by atoms with van der Waals surface area (Å²) in [5, 5.41) is 7.29. The van der Waals surface area contributed by atoms with Crippen molar-refractivity contribution in [3.05, 3.63) is 65.5 Å². The zero-order chi connectivity index (χ0) is 23.3. The fourth-order valence-corrected chi connectivity index (χ4v) is 4.93. The molecule has 0 aliphatic carbocycles. The lowest BCUT2D eigenvalue weighted by Gasteiger charge is -2.30. The summed E-state index contributed by atoms with van der Waals surface area (Å²) in [6.45, 7) is 7.25. The normalized spacial score (nSPS) is 17.3. The highest BCUT2D eigenvalue weighted by atomic mass is 16.5. The van der Waals surface area contributed by atoms with Crippen LogP contribution in [0.15, 0.2) is 53.1 Å². The van der Waals surface area contributed by atoms with Crippen LogP contribution in [0.3, 0.4) is 0 Å². The van der Waals surface area contributed by atoms with E-state index in [0.29, 0.717) is 24.8 Å². The van der Waals surface area contributed by atoms with Crippen LogP contribution in [0.5, 0.6) is 0 Å². The van der Waals surface area contributed by atoms with Gasteiger partial charge in [-0.05, 0) is 69.0 Å². The highest BCUT2D eigenvalue weighted by Crippen LogP contribution is 2.23. The van der Waals surface area contributed by atoms with Gasteiger partial charge in [-0.2, -0.15) is 4.98 Å². The number of anilines is 1. The van der Waals surface area contributed by atoms with Crippen LogP contribution in [-0.4, -0.2) is 47.1 Å². The van der Waals surface area contributed by atoms with Crippen molar-refractivity contribution >= 4 is 11.6 Å². The molecule has 0 atom stereocenters. The van der Waals surface area contributed by atoms with Crippen LogP contribution in [0.2, 0.25) is 0 Å². The second-order valence-electron chi connectivity index (χ2n) is 9.46. The van der Waals surface area contributed by atoms with Crippen molar-refractivity contribution in [1.82, 2.24) is 20.4 Å². The van der Waals surface area contributed by atoms with Gasteiger partial charge in [0.2, 0.25) is 17.6 Å². The molecule has 5 rings (SSSR count). The Bertz CT molecular complexity index is 1100. The van der Waals surface area contributed by atoms with Crippen LogP contribution in [0.1, 0.15) is 42.7 Å². The van der Waals surface area contributed by atoms with E-state index in [-0.39, 0.29) is 11.8 Å². The monoisotopic (exact) mass is 459 g/mol. The largest absolute Gasteiger partial charge is 0.372 e. The molecule has 3 aromatic rings. The van der Waals surface area contributed by atoms with Crippen molar-refractivity contribution in [2.24, 2.45) is 5.92 Å². The van der Waals surface area contributed by atoms with Crippen molar-refractivity contribution in [3.63, 3.8) is 0 Å². The Kier molecular flexibility index (Phi) is 6.90. The number of aryl methyl sites for hydroxylation is 1. The lowest BCUT2D eigenvalue weighted by Crippen LogP contribution is -2.40. The first-order chi connectivity index (χ1) is 16.7. The topological polar surface area (TPSA) is 74.5 Å². The Labute approximate surface area is 201 Å². The molecule has 2 fully saturated rings. The highest BCUT2D eigenvalue weighted by molar-refractivity contribution is 5.78. The molecule has 7 heteroatoms. The zero-order valence-electron chi connectivity index (χ0n) is 19.9. The summed E-state index contributed by atoms with van der Waals surface area (Å²) >= 11 is 0. The average Bonchev–Trinajstić information content (AvgIpc) is 3.57. The Morgan fingerprint density at radius 2 is 1.76 bits per heavy atom. The van der Waals surface area contributed by atoms with Gasteiger partial charge in [-0.3, -0.25) is 9.69 Å². The molecule has 178 valence electrons. The Morgan fingerprint density at radius 3 is 2.50 bits per heavy atom. The zero-order valence-corrected chi connectivity index (χ0v) is 19.9. The highest BCUT2D eigenvalue weighted by Gasteiger charge is 2.26. The SMILES string of the molecule is Cc1ccccc1-c1noc(CN2CCC(C(=O)NCc3ccc(N4CCCC4)cc3)CC2)n1. The summed E-state index contributed by atoms with van der Waals surface area (Å²) in [7, 11) is 0. The van der Waals surface area contributed by atoms with Gasteiger partial charge in [0.1, 0.15) is 0 Å². The van der Waals surface area contributed by atoms with Crippen molar-refractivity contribution in [3.8, 4) is 11.4 Å². The number of nitrogens with one attached hydrogen (secondary N) is 1. The van der Waals surface area contributed by atoms with Crippen molar-refractivity contribution in [2.75, 3.05) is 31.1 Å². The molecule has 7 nitrogen and oxygen atoms in total.